The highest BCUT2D eigenvalue weighted by Crippen LogP contribution is 2.13. The summed E-state index contributed by atoms with van der Waals surface area (Å²) in [4.78, 5) is 0. The van der Waals surface area contributed by atoms with Crippen LogP contribution in [0.5, 0.6) is 0 Å². The van der Waals surface area contributed by atoms with Crippen LogP contribution in [0.2, 0.25) is 19.6 Å². The van der Waals surface area contributed by atoms with Crippen LogP contribution in [-0.2, 0) is 42.3 Å². The van der Waals surface area contributed by atoms with Crippen molar-refractivity contribution in [2.75, 3.05) is 99.1 Å². The molecule has 1 heterocycles. The SMILES string of the molecule is C[Si](C)(C)OCCOCCOCCOCCOCCOCCOCCOC1CCCCO1. The molecule has 0 bridgehead atoms. The highest BCUT2D eigenvalue weighted by Gasteiger charge is 2.13. The van der Waals surface area contributed by atoms with Gasteiger partial charge in [-0.25, -0.2) is 0 Å². The van der Waals surface area contributed by atoms with Gasteiger partial charge < -0.3 is 42.3 Å². The second-order valence-electron chi connectivity index (χ2n) is 8.30. The van der Waals surface area contributed by atoms with E-state index in [2.05, 4.69) is 19.6 Å². The Balaban J connectivity index is 1.64. The van der Waals surface area contributed by atoms with Crippen LogP contribution in [0.4, 0.5) is 0 Å². The van der Waals surface area contributed by atoms with E-state index in [1.807, 2.05) is 0 Å². The molecule has 0 radical (unpaired) electrons. The lowest BCUT2D eigenvalue weighted by Gasteiger charge is -2.22. The van der Waals surface area contributed by atoms with Crippen molar-refractivity contribution in [1.29, 1.82) is 0 Å². The molecule has 10 heteroatoms. The number of hydrogen-bond acceptors (Lipinski definition) is 9. The standard InChI is InChI=1S/C22H46O9Si/c1-32(2,3)31-21-19-28-17-15-26-13-11-24-9-8-23-10-12-25-14-16-27-18-20-30-22-6-4-5-7-29-22/h22H,4-21H2,1-3H3. The van der Waals surface area contributed by atoms with Gasteiger partial charge in [-0.3, -0.25) is 0 Å². The normalized spacial score (nSPS) is 17.2. The summed E-state index contributed by atoms with van der Waals surface area (Å²) >= 11 is 0. The molecular formula is C22H46O9Si. The lowest BCUT2D eigenvalue weighted by atomic mass is 10.2. The Morgan fingerprint density at radius 1 is 0.562 bits per heavy atom. The van der Waals surface area contributed by atoms with Gasteiger partial charge in [-0.05, 0) is 38.9 Å². The molecule has 1 aliphatic heterocycles. The van der Waals surface area contributed by atoms with E-state index in [9.17, 15) is 0 Å². The summed E-state index contributed by atoms with van der Waals surface area (Å²) in [5.41, 5.74) is 0. The zero-order valence-corrected chi connectivity index (χ0v) is 21.5. The van der Waals surface area contributed by atoms with Crippen molar-refractivity contribution in [3.63, 3.8) is 0 Å². The highest BCUT2D eigenvalue weighted by atomic mass is 28.4. The quantitative estimate of drug-likeness (QED) is 0.161. The van der Waals surface area contributed by atoms with E-state index in [1.54, 1.807) is 0 Å². The van der Waals surface area contributed by atoms with Gasteiger partial charge in [0.2, 0.25) is 0 Å². The lowest BCUT2D eigenvalue weighted by molar-refractivity contribution is -0.169. The van der Waals surface area contributed by atoms with Crippen molar-refractivity contribution in [2.45, 2.75) is 45.2 Å². The first-order valence-corrected chi connectivity index (χ1v) is 15.3. The van der Waals surface area contributed by atoms with Gasteiger partial charge in [0.25, 0.3) is 0 Å². The molecule has 1 saturated heterocycles. The van der Waals surface area contributed by atoms with Crippen LogP contribution in [0.1, 0.15) is 19.3 Å². The van der Waals surface area contributed by atoms with Crippen molar-refractivity contribution in [1.82, 2.24) is 0 Å². The summed E-state index contributed by atoms with van der Waals surface area (Å²) in [5.74, 6) is 0. The molecule has 0 aromatic rings. The van der Waals surface area contributed by atoms with Crippen molar-refractivity contribution >= 4 is 8.32 Å². The minimum Gasteiger partial charge on any atom is -0.415 e. The average molecular weight is 483 g/mol. The maximum absolute atomic E-state index is 5.70. The Morgan fingerprint density at radius 2 is 0.969 bits per heavy atom. The third-order valence-corrected chi connectivity index (χ3v) is 5.36. The molecule has 0 aromatic carbocycles. The molecule has 192 valence electrons. The van der Waals surface area contributed by atoms with E-state index in [4.69, 9.17) is 42.3 Å². The largest absolute Gasteiger partial charge is 0.415 e. The molecule has 1 aliphatic rings. The molecular weight excluding hydrogens is 436 g/mol. The molecule has 0 aromatic heterocycles. The summed E-state index contributed by atoms with van der Waals surface area (Å²) in [6.45, 7) is 15.2. The summed E-state index contributed by atoms with van der Waals surface area (Å²) in [6.07, 6.45) is 3.23. The van der Waals surface area contributed by atoms with Crippen LogP contribution in [0.15, 0.2) is 0 Å². The monoisotopic (exact) mass is 482 g/mol. The number of hydrogen-bond donors (Lipinski definition) is 0. The molecule has 9 nitrogen and oxygen atoms in total. The third kappa shape index (κ3) is 21.7. The first kappa shape index (κ1) is 29.9. The summed E-state index contributed by atoms with van der Waals surface area (Å²) in [5, 5.41) is 0. The van der Waals surface area contributed by atoms with Gasteiger partial charge in [0.1, 0.15) is 0 Å². The predicted molar refractivity (Wildman–Crippen MR) is 124 cm³/mol. The maximum atomic E-state index is 5.70. The molecule has 0 spiro atoms. The molecule has 1 rings (SSSR count). The third-order valence-electron chi connectivity index (χ3n) is 4.29. The van der Waals surface area contributed by atoms with Crippen molar-refractivity contribution < 1.29 is 42.3 Å². The maximum Gasteiger partial charge on any atom is 0.183 e. The molecule has 1 unspecified atom stereocenters. The predicted octanol–water partition coefficient (Wildman–Crippen LogP) is 2.48. The molecule has 0 saturated carbocycles. The molecule has 0 aliphatic carbocycles. The fraction of sp³-hybridized carbons (Fsp3) is 1.00. The molecule has 0 N–H and O–H groups in total. The first-order chi connectivity index (χ1) is 15.6. The Labute approximate surface area is 195 Å². The zero-order chi connectivity index (χ0) is 23.2. The second-order valence-corrected chi connectivity index (χ2v) is 12.8. The van der Waals surface area contributed by atoms with Gasteiger partial charge in [-0.2, -0.15) is 0 Å². The number of ether oxygens (including phenoxy) is 8. The van der Waals surface area contributed by atoms with Gasteiger partial charge in [-0.1, -0.05) is 0 Å². The van der Waals surface area contributed by atoms with E-state index < -0.39 is 8.32 Å². The fourth-order valence-corrected chi connectivity index (χ4v) is 3.39. The molecule has 1 fully saturated rings. The van der Waals surface area contributed by atoms with Crippen LogP contribution in [0, 0.1) is 0 Å². The summed E-state index contributed by atoms with van der Waals surface area (Å²) in [6, 6.07) is 0. The van der Waals surface area contributed by atoms with Crippen molar-refractivity contribution in [3.8, 4) is 0 Å². The topological polar surface area (TPSA) is 83.1 Å². The van der Waals surface area contributed by atoms with E-state index in [1.165, 1.54) is 6.42 Å². The summed E-state index contributed by atoms with van der Waals surface area (Å²) in [7, 11) is -1.43. The van der Waals surface area contributed by atoms with Crippen molar-refractivity contribution in [2.24, 2.45) is 0 Å². The van der Waals surface area contributed by atoms with Crippen LogP contribution in [0.25, 0.3) is 0 Å². The molecule has 32 heavy (non-hydrogen) atoms. The number of rotatable bonds is 23. The van der Waals surface area contributed by atoms with E-state index in [0.717, 1.165) is 19.4 Å². The van der Waals surface area contributed by atoms with E-state index in [0.29, 0.717) is 92.5 Å². The Bertz CT molecular complexity index is 390. The fourth-order valence-electron chi connectivity index (χ4n) is 2.69. The van der Waals surface area contributed by atoms with Crippen LogP contribution >= 0.6 is 0 Å². The first-order valence-electron chi connectivity index (χ1n) is 11.9. The lowest BCUT2D eigenvalue weighted by Crippen LogP contribution is -2.27. The second kappa shape index (κ2) is 21.4. The van der Waals surface area contributed by atoms with Crippen molar-refractivity contribution in [3.05, 3.63) is 0 Å². The minimum absolute atomic E-state index is 0.0536. The van der Waals surface area contributed by atoms with E-state index in [-0.39, 0.29) is 6.29 Å². The van der Waals surface area contributed by atoms with Gasteiger partial charge >= 0.3 is 0 Å². The Kier molecular flexibility index (Phi) is 20.0. The van der Waals surface area contributed by atoms with E-state index >= 15 is 0 Å². The minimum atomic E-state index is -1.43. The smallest absolute Gasteiger partial charge is 0.183 e. The van der Waals surface area contributed by atoms with Gasteiger partial charge in [-0.15, -0.1) is 0 Å². The average Bonchev–Trinajstić information content (AvgIpc) is 2.77. The van der Waals surface area contributed by atoms with Crippen LogP contribution in [0.3, 0.4) is 0 Å². The molecule has 0 amide bonds. The van der Waals surface area contributed by atoms with Crippen LogP contribution in [-0.4, -0.2) is 114 Å². The van der Waals surface area contributed by atoms with Gasteiger partial charge in [0.05, 0.1) is 92.5 Å². The zero-order valence-electron chi connectivity index (χ0n) is 20.5. The highest BCUT2D eigenvalue weighted by molar-refractivity contribution is 6.69. The summed E-state index contributed by atoms with van der Waals surface area (Å²) < 4.78 is 49.5. The Hall–Kier alpha value is -0.143. The van der Waals surface area contributed by atoms with Gasteiger partial charge in [0, 0.05) is 6.61 Å². The Morgan fingerprint density at radius 3 is 1.34 bits per heavy atom. The molecule has 1 atom stereocenters. The van der Waals surface area contributed by atoms with Gasteiger partial charge in [0.15, 0.2) is 14.6 Å². The van der Waals surface area contributed by atoms with Crippen LogP contribution < -0.4 is 0 Å².